The van der Waals surface area contributed by atoms with E-state index >= 15 is 0 Å². The maximum atomic E-state index is 6.21. The smallest absolute Gasteiger partial charge is 0.216 e. The van der Waals surface area contributed by atoms with Crippen LogP contribution in [0.3, 0.4) is 0 Å². The van der Waals surface area contributed by atoms with Crippen molar-refractivity contribution in [3.63, 3.8) is 0 Å². The minimum absolute atomic E-state index is 0. The molecule has 0 fully saturated rings. The van der Waals surface area contributed by atoms with Crippen LogP contribution in [0.15, 0.2) is 114 Å². The van der Waals surface area contributed by atoms with E-state index in [2.05, 4.69) is 104 Å². The number of benzene rings is 4. The second kappa shape index (κ2) is 13.4. The summed E-state index contributed by atoms with van der Waals surface area (Å²) in [5.41, 5.74) is 13.3. The normalized spacial score (nSPS) is 10.9. The fourth-order valence-corrected chi connectivity index (χ4v) is 5.86. The molecule has 4 nitrogen and oxygen atoms in total. The van der Waals surface area contributed by atoms with Crippen LogP contribution < -0.4 is 0 Å². The number of hydrogen-bond acceptors (Lipinski definition) is 4. The Bertz CT molecular complexity index is 2310. The summed E-state index contributed by atoms with van der Waals surface area (Å²) in [6, 6.07) is 39.9. The first-order valence-electron chi connectivity index (χ1n) is 15.4. The molecule has 0 bridgehead atoms. The fourth-order valence-electron chi connectivity index (χ4n) is 5.86. The molecule has 233 valence electrons. The number of aryl methyl sites for hydroxylation is 5. The van der Waals surface area contributed by atoms with E-state index in [-0.39, 0.29) is 20.1 Å². The monoisotopic (exact) mass is 788 g/mol. The maximum Gasteiger partial charge on any atom is 0.216 e. The number of rotatable bonds is 3. The van der Waals surface area contributed by atoms with Crippen molar-refractivity contribution in [1.82, 2.24) is 15.0 Å². The number of nitrogens with zero attached hydrogens (tertiary/aromatic N) is 3. The molecule has 0 N–H and O–H groups in total. The molecule has 0 amide bonds. The van der Waals surface area contributed by atoms with Crippen molar-refractivity contribution in [2.24, 2.45) is 0 Å². The van der Waals surface area contributed by atoms with Crippen molar-refractivity contribution in [2.45, 2.75) is 34.6 Å². The Morgan fingerprint density at radius 3 is 2.23 bits per heavy atom. The number of furan rings is 1. The standard InChI is InChI=1S/C29H21N2O.C13H12N.Ir/c1-17-11-13-20-7-4-5-8-21(20)27(17)25-15-26(30-16-18(25)2)24-10-6-9-22-23-14-12-19(3)31-29(23)32-28(22)24;1-10-3-6-12(7-4-10)13-8-5-11(2)9-14-13;/h4-9,11-16H,1-3H3;3-6,8-9H,1-2H3;/q2*-1;. The van der Waals surface area contributed by atoms with Gasteiger partial charge in [0.15, 0.2) is 0 Å². The Labute approximate surface area is 288 Å². The zero-order valence-corrected chi connectivity index (χ0v) is 29.4. The summed E-state index contributed by atoms with van der Waals surface area (Å²) >= 11 is 0. The molecular formula is C42H33IrN3O-2. The largest absolute Gasteiger partial charge is 0.486 e. The zero-order chi connectivity index (χ0) is 31.8. The van der Waals surface area contributed by atoms with Gasteiger partial charge >= 0.3 is 0 Å². The molecule has 0 spiro atoms. The first kappa shape index (κ1) is 32.0. The van der Waals surface area contributed by atoms with Crippen molar-refractivity contribution in [2.75, 3.05) is 0 Å². The molecule has 0 saturated carbocycles. The van der Waals surface area contributed by atoms with Crippen molar-refractivity contribution in [1.29, 1.82) is 0 Å². The molecule has 0 saturated heterocycles. The van der Waals surface area contributed by atoms with Gasteiger partial charge in [-0.25, -0.2) is 4.98 Å². The van der Waals surface area contributed by atoms with Gasteiger partial charge in [-0.1, -0.05) is 72.5 Å². The Hall–Kier alpha value is -4.96. The Morgan fingerprint density at radius 2 is 1.45 bits per heavy atom. The van der Waals surface area contributed by atoms with Crippen molar-refractivity contribution < 1.29 is 24.5 Å². The summed E-state index contributed by atoms with van der Waals surface area (Å²) in [4.78, 5) is 13.7. The van der Waals surface area contributed by atoms with Gasteiger partial charge in [0, 0.05) is 43.6 Å². The third kappa shape index (κ3) is 6.38. The zero-order valence-electron chi connectivity index (χ0n) is 27.0. The molecule has 47 heavy (non-hydrogen) atoms. The van der Waals surface area contributed by atoms with Crippen molar-refractivity contribution >= 4 is 32.8 Å². The second-order valence-corrected chi connectivity index (χ2v) is 11.9. The summed E-state index contributed by atoms with van der Waals surface area (Å²) in [6.07, 6.45) is 3.83. The molecule has 8 rings (SSSR count). The average Bonchev–Trinajstić information content (AvgIpc) is 3.44. The molecule has 0 atom stereocenters. The molecule has 5 heteroatoms. The first-order chi connectivity index (χ1) is 22.4. The van der Waals surface area contributed by atoms with E-state index in [9.17, 15) is 0 Å². The van der Waals surface area contributed by atoms with E-state index in [4.69, 9.17) is 9.40 Å². The van der Waals surface area contributed by atoms with Crippen LogP contribution >= 0.6 is 0 Å². The number of pyridine rings is 3. The first-order valence-corrected chi connectivity index (χ1v) is 15.4. The summed E-state index contributed by atoms with van der Waals surface area (Å²) in [5.74, 6) is 0. The van der Waals surface area contributed by atoms with Crippen LogP contribution in [0.4, 0.5) is 0 Å². The molecule has 0 aliphatic rings. The van der Waals surface area contributed by atoms with Gasteiger partial charge in [0.1, 0.15) is 0 Å². The summed E-state index contributed by atoms with van der Waals surface area (Å²) in [6.45, 7) is 10.4. The van der Waals surface area contributed by atoms with E-state index in [1.807, 2.05) is 62.6 Å². The minimum Gasteiger partial charge on any atom is -0.486 e. The van der Waals surface area contributed by atoms with Crippen LogP contribution in [0.1, 0.15) is 27.9 Å². The second-order valence-electron chi connectivity index (χ2n) is 11.9. The van der Waals surface area contributed by atoms with Crippen LogP contribution in [0.2, 0.25) is 0 Å². The number of hydrogen-bond donors (Lipinski definition) is 0. The molecule has 0 unspecified atom stereocenters. The summed E-state index contributed by atoms with van der Waals surface area (Å²) in [5, 5.41) is 4.53. The molecule has 0 aliphatic carbocycles. The van der Waals surface area contributed by atoms with Crippen LogP contribution in [0, 0.1) is 46.8 Å². The summed E-state index contributed by atoms with van der Waals surface area (Å²) < 4.78 is 6.21. The quantitative estimate of drug-likeness (QED) is 0.167. The minimum atomic E-state index is 0. The Morgan fingerprint density at radius 1 is 0.638 bits per heavy atom. The molecule has 4 heterocycles. The summed E-state index contributed by atoms with van der Waals surface area (Å²) in [7, 11) is 0. The van der Waals surface area contributed by atoms with Crippen LogP contribution in [0.5, 0.6) is 0 Å². The van der Waals surface area contributed by atoms with Gasteiger partial charge in [-0.3, -0.25) is 0 Å². The van der Waals surface area contributed by atoms with Gasteiger partial charge in [-0.15, -0.1) is 53.6 Å². The van der Waals surface area contributed by atoms with Crippen LogP contribution in [-0.2, 0) is 20.1 Å². The molecule has 0 aliphatic heterocycles. The van der Waals surface area contributed by atoms with Gasteiger partial charge in [-0.2, -0.15) is 0 Å². The molecule has 4 aromatic carbocycles. The SMILES string of the molecule is Cc1c[c-]c(-c2ccc(C)cn2)cc1.Cc1ccc2c(n1)oc1c(-c3cc(-c4c(C)ccc5ccccc45)c(C)cn3)[c-]ccc12.[Ir]. The maximum absolute atomic E-state index is 6.21. The van der Waals surface area contributed by atoms with Crippen LogP contribution in [0.25, 0.3) is 66.5 Å². The number of aromatic nitrogens is 3. The topological polar surface area (TPSA) is 51.8 Å². The van der Waals surface area contributed by atoms with Crippen LogP contribution in [-0.4, -0.2) is 15.0 Å². The van der Waals surface area contributed by atoms with E-state index < -0.39 is 0 Å². The average molecular weight is 788 g/mol. The van der Waals surface area contributed by atoms with Gasteiger partial charge in [0.05, 0.1) is 5.58 Å². The van der Waals surface area contributed by atoms with Crippen molar-refractivity contribution in [3.05, 3.63) is 150 Å². The molecular weight excluding hydrogens is 755 g/mol. The van der Waals surface area contributed by atoms with Gasteiger partial charge < -0.3 is 14.4 Å². The third-order valence-electron chi connectivity index (χ3n) is 8.36. The molecule has 4 aromatic heterocycles. The van der Waals surface area contributed by atoms with Gasteiger partial charge in [0.25, 0.3) is 0 Å². The van der Waals surface area contributed by atoms with E-state index in [1.54, 1.807) is 0 Å². The van der Waals surface area contributed by atoms with E-state index in [0.29, 0.717) is 5.71 Å². The van der Waals surface area contributed by atoms with E-state index in [1.165, 1.54) is 38.6 Å². The predicted molar refractivity (Wildman–Crippen MR) is 189 cm³/mol. The molecule has 8 aromatic rings. The Kier molecular flexibility index (Phi) is 9.13. The van der Waals surface area contributed by atoms with E-state index in [0.717, 1.165) is 50.1 Å². The Balaban J connectivity index is 0.000000217. The number of fused-ring (bicyclic) bond motifs is 4. The van der Waals surface area contributed by atoms with Gasteiger partial charge in [-0.05, 0) is 89.8 Å². The van der Waals surface area contributed by atoms with Gasteiger partial charge in [0.2, 0.25) is 5.71 Å². The van der Waals surface area contributed by atoms with Crippen molar-refractivity contribution in [3.8, 4) is 33.6 Å². The fraction of sp³-hybridized carbons (Fsp3) is 0.119. The molecule has 1 radical (unpaired) electrons. The third-order valence-corrected chi connectivity index (χ3v) is 8.36. The predicted octanol–water partition coefficient (Wildman–Crippen LogP) is 10.8.